The molecule has 3 rings (SSSR count). The summed E-state index contributed by atoms with van der Waals surface area (Å²) < 4.78 is 16.3. The van der Waals surface area contributed by atoms with Crippen molar-refractivity contribution in [2.24, 2.45) is 0 Å². The Balaban J connectivity index is 1.81. The van der Waals surface area contributed by atoms with E-state index in [9.17, 15) is 4.39 Å². The summed E-state index contributed by atoms with van der Waals surface area (Å²) in [5, 5.41) is 8.78. The van der Waals surface area contributed by atoms with Crippen molar-refractivity contribution in [1.29, 1.82) is 0 Å². The molecule has 0 aliphatic carbocycles. The zero-order valence-corrected chi connectivity index (χ0v) is 13.3. The average Bonchev–Trinajstić information content (AvgIpc) is 2.98. The predicted octanol–water partition coefficient (Wildman–Crippen LogP) is 4.46. The Morgan fingerprint density at radius 2 is 1.90 bits per heavy atom. The topological polar surface area (TPSA) is 30.7 Å². The molecule has 0 spiro atoms. The number of aromatic nitrogens is 3. The lowest BCUT2D eigenvalue weighted by atomic mass is 10.2. The third-order valence-electron chi connectivity index (χ3n) is 2.94. The highest BCUT2D eigenvalue weighted by molar-refractivity contribution is 9.10. The maximum Gasteiger partial charge on any atom is 0.195 e. The zero-order chi connectivity index (χ0) is 14.7. The van der Waals surface area contributed by atoms with Crippen molar-refractivity contribution in [3.05, 3.63) is 70.7 Å². The number of hydrogen-bond donors (Lipinski definition) is 0. The smallest absolute Gasteiger partial charge is 0.195 e. The molecule has 0 aliphatic rings. The van der Waals surface area contributed by atoms with E-state index in [1.807, 2.05) is 41.0 Å². The lowest BCUT2D eigenvalue weighted by molar-refractivity contribution is 0.610. The van der Waals surface area contributed by atoms with E-state index in [0.29, 0.717) is 15.8 Å². The largest absolute Gasteiger partial charge is 0.277 e. The highest BCUT2D eigenvalue weighted by Gasteiger charge is 2.10. The zero-order valence-electron chi connectivity index (χ0n) is 10.9. The number of benzene rings is 2. The molecule has 1 aromatic heterocycles. The second-order valence-corrected chi connectivity index (χ2v) is 6.12. The van der Waals surface area contributed by atoms with Crippen molar-refractivity contribution in [1.82, 2.24) is 14.8 Å². The summed E-state index contributed by atoms with van der Waals surface area (Å²) in [4.78, 5) is 0. The minimum absolute atomic E-state index is 0.226. The maximum absolute atomic E-state index is 14.0. The third-order valence-corrected chi connectivity index (χ3v) is 4.54. The highest BCUT2D eigenvalue weighted by atomic mass is 79.9. The van der Waals surface area contributed by atoms with Crippen LogP contribution in [0, 0.1) is 5.82 Å². The average molecular weight is 364 g/mol. The van der Waals surface area contributed by atoms with E-state index in [2.05, 4.69) is 26.1 Å². The SMILES string of the molecule is Fc1c(Br)cccc1CSc1nncn1-c1ccccc1. The molecule has 2 aromatic carbocycles. The Morgan fingerprint density at radius 3 is 2.71 bits per heavy atom. The molecule has 0 saturated carbocycles. The summed E-state index contributed by atoms with van der Waals surface area (Å²) >= 11 is 4.65. The van der Waals surface area contributed by atoms with Crippen LogP contribution < -0.4 is 0 Å². The minimum atomic E-state index is -0.226. The monoisotopic (exact) mass is 363 g/mol. The van der Waals surface area contributed by atoms with Gasteiger partial charge in [-0.3, -0.25) is 4.57 Å². The van der Waals surface area contributed by atoms with Gasteiger partial charge in [0.15, 0.2) is 5.16 Å². The van der Waals surface area contributed by atoms with Crippen molar-refractivity contribution in [3.63, 3.8) is 0 Å². The molecule has 0 radical (unpaired) electrons. The van der Waals surface area contributed by atoms with Gasteiger partial charge >= 0.3 is 0 Å². The Morgan fingerprint density at radius 1 is 1.10 bits per heavy atom. The first-order chi connectivity index (χ1) is 10.3. The van der Waals surface area contributed by atoms with Gasteiger partial charge in [-0.15, -0.1) is 10.2 Å². The summed E-state index contributed by atoms with van der Waals surface area (Å²) in [6.45, 7) is 0. The van der Waals surface area contributed by atoms with Crippen molar-refractivity contribution in [3.8, 4) is 5.69 Å². The second kappa shape index (κ2) is 6.41. The third kappa shape index (κ3) is 3.16. The van der Waals surface area contributed by atoms with Crippen LogP contribution in [0.3, 0.4) is 0 Å². The summed E-state index contributed by atoms with van der Waals surface area (Å²) in [5.41, 5.74) is 1.62. The molecule has 0 fully saturated rings. The summed E-state index contributed by atoms with van der Waals surface area (Å²) in [5.74, 6) is 0.271. The summed E-state index contributed by atoms with van der Waals surface area (Å²) in [7, 11) is 0. The molecule has 3 nitrogen and oxygen atoms in total. The van der Waals surface area contributed by atoms with Crippen molar-refractivity contribution >= 4 is 27.7 Å². The molecule has 0 saturated heterocycles. The van der Waals surface area contributed by atoms with Gasteiger partial charge in [0.2, 0.25) is 0 Å². The Kier molecular flexibility index (Phi) is 4.36. The standard InChI is InChI=1S/C15H11BrFN3S/c16-13-8-4-5-11(14(13)17)9-21-15-19-18-10-20(15)12-6-2-1-3-7-12/h1-8,10H,9H2. The molecule has 0 aliphatic heterocycles. The lowest BCUT2D eigenvalue weighted by Gasteiger charge is -2.07. The fraction of sp³-hybridized carbons (Fsp3) is 0.0667. The molecule has 21 heavy (non-hydrogen) atoms. The number of halogens is 2. The number of thioether (sulfide) groups is 1. The molecule has 0 unspecified atom stereocenters. The first-order valence-corrected chi connectivity index (χ1v) is 8.04. The number of nitrogens with zero attached hydrogens (tertiary/aromatic N) is 3. The molecule has 6 heteroatoms. The number of hydrogen-bond acceptors (Lipinski definition) is 3. The molecular weight excluding hydrogens is 353 g/mol. The molecule has 0 amide bonds. The molecule has 0 N–H and O–H groups in total. The normalized spacial score (nSPS) is 10.8. The van der Waals surface area contributed by atoms with E-state index in [1.54, 1.807) is 18.5 Å². The van der Waals surface area contributed by atoms with Gasteiger partial charge in [-0.1, -0.05) is 42.1 Å². The van der Waals surface area contributed by atoms with E-state index < -0.39 is 0 Å². The van der Waals surface area contributed by atoms with E-state index in [4.69, 9.17) is 0 Å². The van der Waals surface area contributed by atoms with Crippen LogP contribution in [0.1, 0.15) is 5.56 Å². The van der Waals surface area contributed by atoms with Crippen LogP contribution in [0.25, 0.3) is 5.69 Å². The molecular formula is C15H11BrFN3S. The van der Waals surface area contributed by atoms with Gasteiger partial charge in [0.05, 0.1) is 4.47 Å². The Labute approximate surface area is 134 Å². The molecule has 0 atom stereocenters. The molecule has 106 valence electrons. The molecule has 3 aromatic rings. The van der Waals surface area contributed by atoms with E-state index in [1.165, 1.54) is 11.8 Å². The molecule has 0 bridgehead atoms. The van der Waals surface area contributed by atoms with E-state index in [-0.39, 0.29) is 5.82 Å². The number of rotatable bonds is 4. The number of para-hydroxylation sites is 1. The first kappa shape index (κ1) is 14.3. The van der Waals surface area contributed by atoms with E-state index in [0.717, 1.165) is 10.8 Å². The van der Waals surface area contributed by atoms with Crippen LogP contribution in [-0.4, -0.2) is 14.8 Å². The van der Waals surface area contributed by atoms with Crippen molar-refractivity contribution < 1.29 is 4.39 Å². The Bertz CT molecular complexity index is 746. The summed E-state index contributed by atoms with van der Waals surface area (Å²) in [6.07, 6.45) is 1.66. The first-order valence-electron chi connectivity index (χ1n) is 6.27. The van der Waals surface area contributed by atoms with Crippen LogP contribution in [-0.2, 0) is 5.75 Å². The highest BCUT2D eigenvalue weighted by Crippen LogP contribution is 2.27. The van der Waals surface area contributed by atoms with Gasteiger partial charge in [-0.2, -0.15) is 0 Å². The van der Waals surface area contributed by atoms with Gasteiger partial charge < -0.3 is 0 Å². The quantitative estimate of drug-likeness (QED) is 0.641. The van der Waals surface area contributed by atoms with Gasteiger partial charge in [-0.05, 0) is 39.7 Å². The van der Waals surface area contributed by atoms with Crippen LogP contribution in [0.4, 0.5) is 4.39 Å². The van der Waals surface area contributed by atoms with E-state index >= 15 is 0 Å². The molecule has 1 heterocycles. The van der Waals surface area contributed by atoms with Crippen molar-refractivity contribution in [2.45, 2.75) is 10.9 Å². The van der Waals surface area contributed by atoms with Gasteiger partial charge in [0.1, 0.15) is 12.1 Å². The lowest BCUT2D eigenvalue weighted by Crippen LogP contribution is -1.96. The van der Waals surface area contributed by atoms with Crippen LogP contribution in [0.2, 0.25) is 0 Å². The van der Waals surface area contributed by atoms with Gasteiger partial charge in [0.25, 0.3) is 0 Å². The van der Waals surface area contributed by atoms with Gasteiger partial charge in [-0.25, -0.2) is 4.39 Å². The van der Waals surface area contributed by atoms with Crippen LogP contribution in [0.5, 0.6) is 0 Å². The fourth-order valence-corrected chi connectivity index (χ4v) is 3.20. The fourth-order valence-electron chi connectivity index (χ4n) is 1.89. The van der Waals surface area contributed by atoms with Crippen molar-refractivity contribution in [2.75, 3.05) is 0 Å². The maximum atomic E-state index is 14.0. The Hall–Kier alpha value is -1.66. The summed E-state index contributed by atoms with van der Waals surface area (Å²) in [6, 6.07) is 15.1. The predicted molar refractivity (Wildman–Crippen MR) is 85.0 cm³/mol. The minimum Gasteiger partial charge on any atom is -0.277 e. The second-order valence-electron chi connectivity index (χ2n) is 4.32. The van der Waals surface area contributed by atoms with Crippen LogP contribution in [0.15, 0.2) is 64.5 Å². The van der Waals surface area contributed by atoms with Crippen LogP contribution >= 0.6 is 27.7 Å². The van der Waals surface area contributed by atoms with Gasteiger partial charge in [0, 0.05) is 11.4 Å².